The number of hydrogen-bond acceptors (Lipinski definition) is 1. The van der Waals surface area contributed by atoms with Crippen molar-refractivity contribution in [3.8, 4) is 0 Å². The first-order valence-electron chi connectivity index (χ1n) is 6.81. The molecule has 4 rings (SSSR count). The minimum absolute atomic E-state index is 0.0850. The quantitative estimate of drug-likeness (QED) is 0.570. The fourth-order valence-electron chi connectivity index (χ4n) is 3.05. The molecule has 1 aliphatic carbocycles. The third kappa shape index (κ3) is 1.60. The van der Waals surface area contributed by atoms with Crippen molar-refractivity contribution in [1.29, 1.82) is 0 Å². The molecular formula is C19H14O. The Morgan fingerprint density at radius 1 is 0.850 bits per heavy atom. The van der Waals surface area contributed by atoms with Crippen LogP contribution in [0.3, 0.4) is 0 Å². The molecule has 1 aliphatic rings. The predicted molar refractivity (Wildman–Crippen MR) is 83.3 cm³/mol. The van der Waals surface area contributed by atoms with E-state index in [1.165, 1.54) is 33.0 Å². The van der Waals surface area contributed by atoms with Gasteiger partial charge in [0.2, 0.25) is 0 Å². The number of rotatable bonds is 2. The summed E-state index contributed by atoms with van der Waals surface area (Å²) in [5.74, 6) is 0. The highest BCUT2D eigenvalue weighted by Crippen LogP contribution is 2.40. The summed E-state index contributed by atoms with van der Waals surface area (Å²) in [4.78, 5) is 0. The van der Waals surface area contributed by atoms with Crippen LogP contribution in [0.4, 0.5) is 0 Å². The number of aliphatic hydroxyl groups excluding tert-OH is 1. The van der Waals surface area contributed by atoms with Gasteiger partial charge in [-0.1, -0.05) is 48.5 Å². The van der Waals surface area contributed by atoms with E-state index >= 15 is 0 Å². The van der Waals surface area contributed by atoms with Crippen molar-refractivity contribution >= 4 is 22.4 Å². The topological polar surface area (TPSA) is 20.2 Å². The second kappa shape index (κ2) is 4.32. The lowest BCUT2D eigenvalue weighted by Gasteiger charge is -2.07. The molecule has 0 aliphatic heterocycles. The van der Waals surface area contributed by atoms with Gasteiger partial charge in [0, 0.05) is 0 Å². The van der Waals surface area contributed by atoms with Crippen molar-refractivity contribution in [1.82, 2.24) is 0 Å². The molecule has 0 heterocycles. The lowest BCUT2D eigenvalue weighted by molar-refractivity contribution is 0.282. The Hall–Kier alpha value is -2.38. The van der Waals surface area contributed by atoms with Crippen molar-refractivity contribution in [2.45, 2.75) is 6.61 Å². The van der Waals surface area contributed by atoms with E-state index in [1.54, 1.807) is 0 Å². The molecule has 0 unspecified atom stereocenters. The van der Waals surface area contributed by atoms with Crippen molar-refractivity contribution in [3.05, 3.63) is 82.9 Å². The highest BCUT2D eigenvalue weighted by atomic mass is 16.3. The molecule has 1 nitrogen and oxygen atoms in total. The van der Waals surface area contributed by atoms with Crippen LogP contribution in [-0.4, -0.2) is 5.11 Å². The summed E-state index contributed by atoms with van der Waals surface area (Å²) in [6.07, 6.45) is 2.23. The van der Waals surface area contributed by atoms with Gasteiger partial charge in [-0.15, -0.1) is 0 Å². The molecule has 0 bridgehead atoms. The van der Waals surface area contributed by atoms with Gasteiger partial charge in [0.15, 0.2) is 0 Å². The first-order valence-corrected chi connectivity index (χ1v) is 6.81. The molecule has 0 amide bonds. The molecule has 0 spiro atoms. The van der Waals surface area contributed by atoms with Gasteiger partial charge in [-0.05, 0) is 56.8 Å². The monoisotopic (exact) mass is 258 g/mol. The Bertz CT molecular complexity index is 829. The molecule has 1 N–H and O–H groups in total. The number of hydrogen-bond donors (Lipinski definition) is 1. The normalized spacial score (nSPS) is 12.8. The van der Waals surface area contributed by atoms with E-state index in [-0.39, 0.29) is 6.61 Å². The number of aliphatic hydroxyl groups is 1. The van der Waals surface area contributed by atoms with Crippen LogP contribution in [-0.2, 0) is 6.61 Å². The zero-order valence-corrected chi connectivity index (χ0v) is 11.0. The van der Waals surface area contributed by atoms with Crippen LogP contribution in [0.2, 0.25) is 0 Å². The molecule has 20 heavy (non-hydrogen) atoms. The maximum Gasteiger partial charge on any atom is 0.0682 e. The predicted octanol–water partition coefficient (Wildman–Crippen LogP) is 4.23. The molecule has 1 heteroatoms. The van der Waals surface area contributed by atoms with E-state index in [0.717, 1.165) is 5.56 Å². The summed E-state index contributed by atoms with van der Waals surface area (Å²) in [6, 6.07) is 21.0. The van der Waals surface area contributed by atoms with Gasteiger partial charge in [-0.2, -0.15) is 0 Å². The zero-order valence-electron chi connectivity index (χ0n) is 11.0. The van der Waals surface area contributed by atoms with Crippen LogP contribution in [0, 0.1) is 0 Å². The Morgan fingerprint density at radius 2 is 1.70 bits per heavy atom. The maximum atomic E-state index is 9.40. The smallest absolute Gasteiger partial charge is 0.0682 e. The van der Waals surface area contributed by atoms with Gasteiger partial charge < -0.3 is 5.11 Å². The van der Waals surface area contributed by atoms with E-state index in [0.29, 0.717) is 0 Å². The van der Waals surface area contributed by atoms with Crippen molar-refractivity contribution in [3.63, 3.8) is 0 Å². The molecule has 3 aromatic rings. The molecule has 0 fully saturated rings. The lowest BCUT2D eigenvalue weighted by Crippen LogP contribution is -1.87. The highest BCUT2D eigenvalue weighted by molar-refractivity contribution is 6.12. The van der Waals surface area contributed by atoms with Gasteiger partial charge in [0.25, 0.3) is 0 Å². The molecule has 0 saturated heterocycles. The fourth-order valence-corrected chi connectivity index (χ4v) is 3.05. The summed E-state index contributed by atoms with van der Waals surface area (Å²) >= 11 is 0. The minimum Gasteiger partial charge on any atom is -0.392 e. The summed E-state index contributed by atoms with van der Waals surface area (Å²) in [7, 11) is 0. The fraction of sp³-hybridized carbons (Fsp3) is 0.0526. The second-order valence-electron chi connectivity index (χ2n) is 5.17. The van der Waals surface area contributed by atoms with Crippen molar-refractivity contribution < 1.29 is 5.11 Å². The molecule has 0 aromatic heterocycles. The summed E-state index contributed by atoms with van der Waals surface area (Å²) in [6.45, 7) is 0.0850. The van der Waals surface area contributed by atoms with Gasteiger partial charge in [-0.25, -0.2) is 0 Å². The summed E-state index contributed by atoms with van der Waals surface area (Å²) < 4.78 is 0. The lowest BCUT2D eigenvalue weighted by atomic mass is 9.97. The van der Waals surface area contributed by atoms with E-state index in [9.17, 15) is 5.11 Å². The summed E-state index contributed by atoms with van der Waals surface area (Å²) in [5, 5.41) is 11.9. The SMILES string of the molecule is OCc1cc2c3c(cccc3c1)C(c1ccccc1)=C2. The zero-order chi connectivity index (χ0) is 13.5. The van der Waals surface area contributed by atoms with Crippen molar-refractivity contribution in [2.24, 2.45) is 0 Å². The van der Waals surface area contributed by atoms with Crippen LogP contribution in [0.25, 0.3) is 22.4 Å². The third-order valence-electron chi connectivity index (χ3n) is 3.92. The molecule has 3 aromatic carbocycles. The minimum atomic E-state index is 0.0850. The first-order chi connectivity index (χ1) is 9.86. The molecule has 0 radical (unpaired) electrons. The van der Waals surface area contributed by atoms with E-state index in [4.69, 9.17) is 0 Å². The van der Waals surface area contributed by atoms with Crippen LogP contribution < -0.4 is 0 Å². The number of benzene rings is 3. The largest absolute Gasteiger partial charge is 0.392 e. The standard InChI is InChI=1S/C19H14O/c20-12-13-9-15-7-4-8-17-18(11-16(10-13)19(15)17)14-5-2-1-3-6-14/h1-11,20H,12H2. The van der Waals surface area contributed by atoms with Gasteiger partial charge in [-0.3, -0.25) is 0 Å². The highest BCUT2D eigenvalue weighted by Gasteiger charge is 2.18. The van der Waals surface area contributed by atoms with E-state index < -0.39 is 0 Å². The average Bonchev–Trinajstić information content (AvgIpc) is 2.89. The van der Waals surface area contributed by atoms with E-state index in [1.807, 2.05) is 6.07 Å². The van der Waals surface area contributed by atoms with Crippen LogP contribution in [0.5, 0.6) is 0 Å². The molecular weight excluding hydrogens is 244 g/mol. The Balaban J connectivity index is 2.01. The molecule has 0 saturated carbocycles. The molecule has 0 atom stereocenters. The third-order valence-corrected chi connectivity index (χ3v) is 3.92. The Kier molecular flexibility index (Phi) is 2.48. The average molecular weight is 258 g/mol. The second-order valence-corrected chi connectivity index (χ2v) is 5.17. The van der Waals surface area contributed by atoms with Gasteiger partial charge in [0.1, 0.15) is 0 Å². The van der Waals surface area contributed by atoms with Gasteiger partial charge in [0.05, 0.1) is 6.61 Å². The van der Waals surface area contributed by atoms with Crippen LogP contribution in [0.15, 0.2) is 60.7 Å². The Morgan fingerprint density at radius 3 is 2.50 bits per heavy atom. The Labute approximate surface area is 117 Å². The van der Waals surface area contributed by atoms with Crippen molar-refractivity contribution in [2.75, 3.05) is 0 Å². The molecule has 96 valence electrons. The van der Waals surface area contributed by atoms with E-state index in [2.05, 4.69) is 60.7 Å². The first kappa shape index (κ1) is 11.4. The maximum absolute atomic E-state index is 9.40. The van der Waals surface area contributed by atoms with Gasteiger partial charge >= 0.3 is 0 Å². The summed E-state index contributed by atoms with van der Waals surface area (Å²) in [5.41, 5.74) is 5.97. The van der Waals surface area contributed by atoms with Crippen LogP contribution >= 0.6 is 0 Å². The van der Waals surface area contributed by atoms with Crippen LogP contribution in [0.1, 0.15) is 22.3 Å².